The third-order valence-corrected chi connectivity index (χ3v) is 2.48. The molecule has 0 saturated carbocycles. The number of amides is 1. The number of nitrogens with two attached hydrogens (primary N) is 1. The Kier molecular flexibility index (Phi) is 4.66. The van der Waals surface area contributed by atoms with Crippen LogP contribution in [0.4, 0.5) is 0 Å². The van der Waals surface area contributed by atoms with Crippen LogP contribution in [-0.4, -0.2) is 42.0 Å². The Morgan fingerprint density at radius 1 is 1.35 bits per heavy atom. The van der Waals surface area contributed by atoms with Gasteiger partial charge in [-0.15, -0.1) is 0 Å². The molecule has 0 aliphatic carbocycles. The number of carboxylic acids is 1. The molecule has 5 nitrogen and oxygen atoms in total. The number of carbonyl (C=O) groups excluding carboxylic acids is 1. The lowest BCUT2D eigenvalue weighted by atomic mass is 9.98. The van der Waals surface area contributed by atoms with E-state index in [0.717, 1.165) is 5.56 Å². The van der Waals surface area contributed by atoms with Crippen LogP contribution in [0.1, 0.15) is 11.5 Å². The molecule has 0 fully saturated rings. The summed E-state index contributed by atoms with van der Waals surface area (Å²) in [5, 5.41) is 8.63. The summed E-state index contributed by atoms with van der Waals surface area (Å²) in [6.45, 7) is -0.158. The van der Waals surface area contributed by atoms with Crippen molar-refractivity contribution in [1.82, 2.24) is 4.90 Å². The van der Waals surface area contributed by atoms with Crippen molar-refractivity contribution < 1.29 is 14.7 Å². The minimum atomic E-state index is -1.04. The summed E-state index contributed by atoms with van der Waals surface area (Å²) >= 11 is 0. The number of carboxylic acid groups (broad SMARTS) is 1. The summed E-state index contributed by atoms with van der Waals surface area (Å²) in [5.74, 6) is -1.80. The van der Waals surface area contributed by atoms with Crippen LogP contribution in [0.3, 0.4) is 0 Å². The predicted molar refractivity (Wildman–Crippen MR) is 63.5 cm³/mol. The van der Waals surface area contributed by atoms with Gasteiger partial charge in [0.25, 0.3) is 0 Å². The standard InChI is InChI=1S/C12H16N2O3/c1-14(8-11(15)16)12(17)10(7-13)9-5-3-2-4-6-9/h2-6,10H,7-8,13H2,1H3,(H,15,16). The van der Waals surface area contributed by atoms with Crippen molar-refractivity contribution in [1.29, 1.82) is 0 Å². The van der Waals surface area contributed by atoms with E-state index in [1.54, 1.807) is 0 Å². The lowest BCUT2D eigenvalue weighted by Gasteiger charge is -2.21. The SMILES string of the molecule is CN(CC(=O)O)C(=O)C(CN)c1ccccc1. The van der Waals surface area contributed by atoms with Gasteiger partial charge in [-0.25, -0.2) is 0 Å². The summed E-state index contributed by atoms with van der Waals surface area (Å²) in [4.78, 5) is 23.7. The van der Waals surface area contributed by atoms with E-state index in [9.17, 15) is 9.59 Å². The number of aliphatic carboxylic acids is 1. The zero-order valence-electron chi connectivity index (χ0n) is 9.67. The molecule has 0 saturated heterocycles. The smallest absolute Gasteiger partial charge is 0.323 e. The molecular formula is C12H16N2O3. The first-order valence-electron chi connectivity index (χ1n) is 5.28. The predicted octanol–water partition coefficient (Wildman–Crippen LogP) is 0.272. The molecule has 1 unspecified atom stereocenters. The van der Waals surface area contributed by atoms with Crippen molar-refractivity contribution in [3.05, 3.63) is 35.9 Å². The van der Waals surface area contributed by atoms with E-state index < -0.39 is 11.9 Å². The summed E-state index contributed by atoms with van der Waals surface area (Å²) in [7, 11) is 1.46. The van der Waals surface area contributed by atoms with Gasteiger partial charge in [0.1, 0.15) is 6.54 Å². The van der Waals surface area contributed by atoms with Gasteiger partial charge in [-0.3, -0.25) is 9.59 Å². The second-order valence-electron chi connectivity index (χ2n) is 3.79. The number of benzene rings is 1. The molecule has 1 aromatic rings. The first kappa shape index (κ1) is 13.2. The van der Waals surface area contributed by atoms with E-state index in [4.69, 9.17) is 10.8 Å². The highest BCUT2D eigenvalue weighted by Gasteiger charge is 2.23. The molecule has 0 aromatic heterocycles. The van der Waals surface area contributed by atoms with Crippen LogP contribution >= 0.6 is 0 Å². The van der Waals surface area contributed by atoms with Crippen LogP contribution < -0.4 is 5.73 Å². The molecule has 3 N–H and O–H groups in total. The average Bonchev–Trinajstić information content (AvgIpc) is 2.30. The van der Waals surface area contributed by atoms with Crippen LogP contribution in [0.25, 0.3) is 0 Å². The normalized spacial score (nSPS) is 11.9. The maximum Gasteiger partial charge on any atom is 0.323 e. The van der Waals surface area contributed by atoms with Gasteiger partial charge in [-0.05, 0) is 5.56 Å². The summed E-state index contributed by atoms with van der Waals surface area (Å²) in [6, 6.07) is 9.11. The zero-order chi connectivity index (χ0) is 12.8. The first-order valence-corrected chi connectivity index (χ1v) is 5.28. The number of carbonyl (C=O) groups is 2. The Morgan fingerprint density at radius 3 is 2.41 bits per heavy atom. The maximum absolute atomic E-state index is 12.0. The molecule has 0 spiro atoms. The van der Waals surface area contributed by atoms with Crippen LogP contribution in [-0.2, 0) is 9.59 Å². The molecule has 0 aliphatic heterocycles. The third-order valence-electron chi connectivity index (χ3n) is 2.48. The van der Waals surface area contributed by atoms with E-state index in [1.807, 2.05) is 30.3 Å². The fourth-order valence-corrected chi connectivity index (χ4v) is 1.61. The van der Waals surface area contributed by atoms with Gasteiger partial charge in [0.05, 0.1) is 5.92 Å². The van der Waals surface area contributed by atoms with Crippen molar-refractivity contribution in [2.24, 2.45) is 5.73 Å². The van der Waals surface area contributed by atoms with E-state index in [0.29, 0.717) is 0 Å². The Morgan fingerprint density at radius 2 is 1.94 bits per heavy atom. The molecule has 0 bridgehead atoms. The van der Waals surface area contributed by atoms with Gasteiger partial charge < -0.3 is 15.7 Å². The highest BCUT2D eigenvalue weighted by Crippen LogP contribution is 2.16. The minimum absolute atomic E-state index is 0.160. The monoisotopic (exact) mass is 236 g/mol. The van der Waals surface area contributed by atoms with Crippen molar-refractivity contribution in [2.45, 2.75) is 5.92 Å². The van der Waals surface area contributed by atoms with Gasteiger partial charge in [0, 0.05) is 13.6 Å². The molecular weight excluding hydrogens is 220 g/mol. The summed E-state index contributed by atoms with van der Waals surface area (Å²) in [6.07, 6.45) is 0. The summed E-state index contributed by atoms with van der Waals surface area (Å²) < 4.78 is 0. The van der Waals surface area contributed by atoms with Gasteiger partial charge in [-0.2, -0.15) is 0 Å². The highest BCUT2D eigenvalue weighted by atomic mass is 16.4. The second-order valence-corrected chi connectivity index (χ2v) is 3.79. The number of hydrogen-bond donors (Lipinski definition) is 2. The van der Waals surface area contributed by atoms with Crippen molar-refractivity contribution >= 4 is 11.9 Å². The second kappa shape index (κ2) is 6.00. The Bertz CT molecular complexity index is 392. The lowest BCUT2D eigenvalue weighted by molar-refractivity contribution is -0.143. The molecule has 5 heteroatoms. The van der Waals surface area contributed by atoms with Crippen LogP contribution in [0.5, 0.6) is 0 Å². The molecule has 17 heavy (non-hydrogen) atoms. The molecule has 0 radical (unpaired) electrons. The van der Waals surface area contributed by atoms with Gasteiger partial charge >= 0.3 is 5.97 Å². The van der Waals surface area contributed by atoms with Crippen LogP contribution in [0.2, 0.25) is 0 Å². The fourth-order valence-electron chi connectivity index (χ4n) is 1.61. The highest BCUT2D eigenvalue weighted by molar-refractivity contribution is 5.86. The van der Waals surface area contributed by atoms with Gasteiger partial charge in [-0.1, -0.05) is 30.3 Å². The minimum Gasteiger partial charge on any atom is -0.480 e. The van der Waals surface area contributed by atoms with E-state index in [-0.39, 0.29) is 19.0 Å². The quantitative estimate of drug-likeness (QED) is 0.768. The topological polar surface area (TPSA) is 83.6 Å². The molecule has 1 amide bonds. The molecule has 92 valence electrons. The van der Waals surface area contributed by atoms with E-state index in [2.05, 4.69) is 0 Å². The molecule has 1 atom stereocenters. The van der Waals surface area contributed by atoms with Gasteiger partial charge in [0.2, 0.25) is 5.91 Å². The zero-order valence-corrected chi connectivity index (χ0v) is 9.67. The number of likely N-dealkylation sites (N-methyl/N-ethyl adjacent to an activating group) is 1. The Hall–Kier alpha value is -1.88. The Balaban J connectivity index is 2.81. The third kappa shape index (κ3) is 3.57. The summed E-state index contributed by atoms with van der Waals surface area (Å²) in [5.41, 5.74) is 6.38. The van der Waals surface area contributed by atoms with Gasteiger partial charge in [0.15, 0.2) is 0 Å². The fraction of sp³-hybridized carbons (Fsp3) is 0.333. The van der Waals surface area contributed by atoms with Crippen molar-refractivity contribution in [3.8, 4) is 0 Å². The van der Waals surface area contributed by atoms with Crippen LogP contribution in [0.15, 0.2) is 30.3 Å². The molecule has 1 aromatic carbocycles. The molecule has 1 rings (SSSR count). The van der Waals surface area contributed by atoms with Crippen molar-refractivity contribution in [3.63, 3.8) is 0 Å². The lowest BCUT2D eigenvalue weighted by Crippen LogP contribution is -2.38. The average molecular weight is 236 g/mol. The Labute approximate surface area is 99.8 Å². The molecule has 0 heterocycles. The number of rotatable bonds is 5. The first-order chi connectivity index (χ1) is 8.06. The van der Waals surface area contributed by atoms with Crippen molar-refractivity contribution in [2.75, 3.05) is 20.1 Å². The number of nitrogens with zero attached hydrogens (tertiary/aromatic N) is 1. The van der Waals surface area contributed by atoms with E-state index >= 15 is 0 Å². The largest absolute Gasteiger partial charge is 0.480 e. The number of hydrogen-bond acceptors (Lipinski definition) is 3. The van der Waals surface area contributed by atoms with E-state index in [1.165, 1.54) is 11.9 Å². The maximum atomic E-state index is 12.0. The molecule has 0 aliphatic rings. The van der Waals surface area contributed by atoms with Crippen LogP contribution in [0, 0.1) is 0 Å².